The number of thioether (sulfide) groups is 1. The predicted octanol–water partition coefficient (Wildman–Crippen LogP) is 3.66. The molecule has 7 heteroatoms. The van der Waals surface area contributed by atoms with Crippen LogP contribution in [0.5, 0.6) is 5.75 Å². The Bertz CT molecular complexity index is 983. The quantitative estimate of drug-likeness (QED) is 0.736. The summed E-state index contributed by atoms with van der Waals surface area (Å²) >= 11 is 0.838. The zero-order valence-corrected chi connectivity index (χ0v) is 17.3. The Morgan fingerprint density at radius 3 is 2.52 bits per heavy atom. The number of aryl methyl sites for hydroxylation is 2. The lowest BCUT2D eigenvalue weighted by molar-refractivity contribution is -0.129. The van der Waals surface area contributed by atoms with Crippen molar-refractivity contribution in [2.24, 2.45) is 0 Å². The molecule has 0 saturated carbocycles. The first-order valence-electron chi connectivity index (χ1n) is 9.09. The van der Waals surface area contributed by atoms with E-state index >= 15 is 0 Å². The Morgan fingerprint density at radius 2 is 1.86 bits per heavy atom. The number of nitrogens with one attached hydrogen (secondary N) is 1. The summed E-state index contributed by atoms with van der Waals surface area (Å²) in [5.74, 6) is -0.0890. The Hall–Kier alpha value is -3.06. The van der Waals surface area contributed by atoms with E-state index in [2.05, 4.69) is 5.32 Å². The van der Waals surface area contributed by atoms with E-state index in [0.717, 1.165) is 44.7 Å². The zero-order chi connectivity index (χ0) is 21.0. The highest BCUT2D eigenvalue weighted by Gasteiger charge is 2.36. The zero-order valence-electron chi connectivity index (χ0n) is 16.5. The second-order valence-electron chi connectivity index (χ2n) is 6.76. The number of amides is 3. The van der Waals surface area contributed by atoms with Gasteiger partial charge in [-0.15, -0.1) is 0 Å². The molecular weight excluding hydrogens is 388 g/mol. The van der Waals surface area contributed by atoms with Gasteiger partial charge in [0.05, 0.1) is 12.0 Å². The fraction of sp³-hybridized carbons (Fsp3) is 0.227. The van der Waals surface area contributed by atoms with Crippen molar-refractivity contribution >= 4 is 34.9 Å². The lowest BCUT2D eigenvalue weighted by Crippen LogP contribution is -2.39. The van der Waals surface area contributed by atoms with Gasteiger partial charge in [-0.25, -0.2) is 0 Å². The summed E-state index contributed by atoms with van der Waals surface area (Å²) in [6.07, 6.45) is 1.65. The van der Waals surface area contributed by atoms with Crippen LogP contribution in [0, 0.1) is 13.8 Å². The van der Waals surface area contributed by atoms with Crippen LogP contribution >= 0.6 is 11.8 Å². The molecule has 3 amide bonds. The van der Waals surface area contributed by atoms with Crippen LogP contribution in [0.2, 0.25) is 0 Å². The second-order valence-corrected chi connectivity index (χ2v) is 7.75. The normalized spacial score (nSPS) is 15.1. The van der Waals surface area contributed by atoms with Gasteiger partial charge in [0.1, 0.15) is 12.3 Å². The van der Waals surface area contributed by atoms with Crippen molar-refractivity contribution in [2.45, 2.75) is 20.4 Å². The Morgan fingerprint density at radius 1 is 1.14 bits per heavy atom. The smallest absolute Gasteiger partial charge is 0.294 e. The molecule has 0 unspecified atom stereocenters. The van der Waals surface area contributed by atoms with Crippen LogP contribution in [0.15, 0.2) is 47.4 Å². The largest absolute Gasteiger partial charge is 0.496 e. The van der Waals surface area contributed by atoms with Gasteiger partial charge in [-0.2, -0.15) is 0 Å². The topological polar surface area (TPSA) is 75.7 Å². The molecule has 1 aliphatic rings. The summed E-state index contributed by atoms with van der Waals surface area (Å²) < 4.78 is 5.23. The van der Waals surface area contributed by atoms with Crippen molar-refractivity contribution in [1.29, 1.82) is 0 Å². The molecule has 2 aromatic rings. The molecule has 1 aliphatic heterocycles. The summed E-state index contributed by atoms with van der Waals surface area (Å²) in [5, 5.41) is 2.30. The van der Waals surface area contributed by atoms with Crippen molar-refractivity contribution in [3.8, 4) is 5.75 Å². The van der Waals surface area contributed by atoms with E-state index in [-0.39, 0.29) is 12.5 Å². The van der Waals surface area contributed by atoms with Gasteiger partial charge < -0.3 is 10.1 Å². The Kier molecular flexibility index (Phi) is 6.39. The second kappa shape index (κ2) is 8.96. The Balaban J connectivity index is 1.63. The molecule has 0 radical (unpaired) electrons. The molecule has 3 rings (SSSR count). The molecule has 0 atom stereocenters. The minimum absolute atomic E-state index is 0.296. The maximum Gasteiger partial charge on any atom is 0.294 e. The van der Waals surface area contributed by atoms with Crippen molar-refractivity contribution in [1.82, 2.24) is 10.2 Å². The lowest BCUT2D eigenvalue weighted by Gasteiger charge is -2.12. The molecular formula is C22H22N2O4S. The van der Waals surface area contributed by atoms with Crippen LogP contribution in [0.3, 0.4) is 0 Å². The van der Waals surface area contributed by atoms with E-state index in [1.165, 1.54) is 0 Å². The first-order valence-corrected chi connectivity index (χ1v) is 9.91. The van der Waals surface area contributed by atoms with Crippen molar-refractivity contribution in [3.63, 3.8) is 0 Å². The number of imide groups is 1. The minimum Gasteiger partial charge on any atom is -0.496 e. The molecule has 150 valence electrons. The highest BCUT2D eigenvalue weighted by atomic mass is 32.2. The molecule has 1 heterocycles. The van der Waals surface area contributed by atoms with E-state index in [0.29, 0.717) is 11.4 Å². The van der Waals surface area contributed by atoms with E-state index < -0.39 is 11.1 Å². The number of methoxy groups -OCH3 is 1. The molecule has 0 bridgehead atoms. The van der Waals surface area contributed by atoms with Gasteiger partial charge in [0.25, 0.3) is 11.1 Å². The molecule has 6 nitrogen and oxygen atoms in total. The number of nitrogens with zero attached hydrogens (tertiary/aromatic N) is 1. The third kappa shape index (κ3) is 5.06. The number of benzene rings is 2. The van der Waals surface area contributed by atoms with Gasteiger partial charge in [0, 0.05) is 6.54 Å². The molecule has 1 fully saturated rings. The molecule has 29 heavy (non-hydrogen) atoms. The summed E-state index contributed by atoms with van der Waals surface area (Å²) in [6.45, 7) is 3.94. The van der Waals surface area contributed by atoms with E-state index in [1.807, 2.05) is 56.3 Å². The molecule has 0 spiro atoms. The third-order valence-corrected chi connectivity index (χ3v) is 5.41. The molecule has 1 saturated heterocycles. The lowest BCUT2D eigenvalue weighted by atomic mass is 10.1. The first-order chi connectivity index (χ1) is 13.9. The average Bonchev–Trinajstić information content (AvgIpc) is 2.95. The van der Waals surface area contributed by atoms with Crippen LogP contribution in [0.1, 0.15) is 22.3 Å². The average molecular weight is 410 g/mol. The van der Waals surface area contributed by atoms with Gasteiger partial charge in [0.15, 0.2) is 0 Å². The highest BCUT2D eigenvalue weighted by Crippen LogP contribution is 2.32. The summed E-state index contributed by atoms with van der Waals surface area (Å²) in [5.41, 5.74) is 3.80. The van der Waals surface area contributed by atoms with Crippen LogP contribution < -0.4 is 10.1 Å². The van der Waals surface area contributed by atoms with Gasteiger partial charge >= 0.3 is 0 Å². The maximum absolute atomic E-state index is 12.6. The molecule has 0 aromatic heterocycles. The summed E-state index contributed by atoms with van der Waals surface area (Å²) in [4.78, 5) is 38.3. The maximum atomic E-state index is 12.6. The minimum atomic E-state index is -0.459. The Labute approximate surface area is 173 Å². The number of carbonyl (C=O) groups excluding carboxylic acids is 3. The van der Waals surface area contributed by atoms with Gasteiger partial charge in [-0.3, -0.25) is 19.3 Å². The molecule has 2 aromatic carbocycles. The van der Waals surface area contributed by atoms with Gasteiger partial charge in [-0.05, 0) is 60.5 Å². The standard InChI is InChI=1S/C22H22N2O4S/c1-14-4-6-16(7-5-14)12-23-20(25)13-24-21(26)19(29-22(24)27)11-17-8-9-18(28-3)15(2)10-17/h4-11H,12-13H2,1-3H3,(H,23,25)/b19-11-. The van der Waals surface area contributed by atoms with Crippen LogP contribution in [0.25, 0.3) is 6.08 Å². The van der Waals surface area contributed by atoms with Gasteiger partial charge in [-0.1, -0.05) is 35.9 Å². The van der Waals surface area contributed by atoms with Crippen molar-refractivity contribution < 1.29 is 19.1 Å². The number of hydrogen-bond acceptors (Lipinski definition) is 5. The molecule has 0 aliphatic carbocycles. The number of carbonyl (C=O) groups is 3. The summed E-state index contributed by atoms with van der Waals surface area (Å²) in [7, 11) is 1.59. The fourth-order valence-electron chi connectivity index (χ4n) is 2.89. The van der Waals surface area contributed by atoms with Gasteiger partial charge in [0.2, 0.25) is 5.91 Å². The monoisotopic (exact) mass is 410 g/mol. The predicted molar refractivity (Wildman–Crippen MR) is 113 cm³/mol. The van der Waals surface area contributed by atoms with Crippen LogP contribution in [-0.2, 0) is 16.1 Å². The van der Waals surface area contributed by atoms with Crippen molar-refractivity contribution in [3.05, 3.63) is 69.6 Å². The van der Waals surface area contributed by atoms with E-state index in [1.54, 1.807) is 13.2 Å². The van der Waals surface area contributed by atoms with Crippen molar-refractivity contribution in [2.75, 3.05) is 13.7 Å². The third-order valence-electron chi connectivity index (χ3n) is 4.50. The van der Waals surface area contributed by atoms with E-state index in [4.69, 9.17) is 4.74 Å². The SMILES string of the molecule is COc1ccc(/C=C2\SC(=O)N(CC(=O)NCc3ccc(C)cc3)C2=O)cc1C. The fourth-order valence-corrected chi connectivity index (χ4v) is 3.72. The summed E-state index contributed by atoms with van der Waals surface area (Å²) in [6, 6.07) is 13.3. The van der Waals surface area contributed by atoms with E-state index in [9.17, 15) is 14.4 Å². The highest BCUT2D eigenvalue weighted by molar-refractivity contribution is 8.18. The van der Waals surface area contributed by atoms with Crippen LogP contribution in [0.4, 0.5) is 4.79 Å². The number of ether oxygens (including phenoxy) is 1. The number of rotatable bonds is 6. The first kappa shape index (κ1) is 20.7. The molecule has 1 N–H and O–H groups in total. The van der Waals surface area contributed by atoms with Crippen LogP contribution in [-0.4, -0.2) is 35.6 Å². The number of hydrogen-bond donors (Lipinski definition) is 1.